The van der Waals surface area contributed by atoms with Gasteiger partial charge in [-0.3, -0.25) is 0 Å². The molecule has 0 spiro atoms. The van der Waals surface area contributed by atoms with Gasteiger partial charge in [0, 0.05) is 20.3 Å². The van der Waals surface area contributed by atoms with E-state index in [1.165, 1.54) is 0 Å². The highest BCUT2D eigenvalue weighted by Crippen LogP contribution is 2.18. The standard InChI is InChI=1S/C10H22O3Si/c1-6-8-10(3)13-14(11-4,12-5)9-7-2/h6,8,10H,7,9H2,1-5H3. The van der Waals surface area contributed by atoms with Crippen LogP contribution in [0.2, 0.25) is 6.04 Å². The molecule has 84 valence electrons. The zero-order valence-electron chi connectivity index (χ0n) is 9.87. The molecule has 0 saturated carbocycles. The summed E-state index contributed by atoms with van der Waals surface area (Å²) in [5, 5.41) is 0. The Kier molecular flexibility index (Phi) is 7.09. The van der Waals surface area contributed by atoms with E-state index in [2.05, 4.69) is 6.92 Å². The molecule has 0 saturated heterocycles. The van der Waals surface area contributed by atoms with Crippen LogP contribution in [-0.2, 0) is 13.3 Å². The van der Waals surface area contributed by atoms with Crippen LogP contribution in [0.5, 0.6) is 0 Å². The molecule has 0 rings (SSSR count). The van der Waals surface area contributed by atoms with Gasteiger partial charge in [-0.1, -0.05) is 25.5 Å². The fourth-order valence-corrected chi connectivity index (χ4v) is 3.48. The summed E-state index contributed by atoms with van der Waals surface area (Å²) in [6.45, 7) is 6.07. The molecule has 0 radical (unpaired) electrons. The first-order chi connectivity index (χ1) is 6.64. The highest BCUT2D eigenvalue weighted by molar-refractivity contribution is 6.60. The molecule has 1 unspecified atom stereocenters. The molecule has 0 aromatic heterocycles. The lowest BCUT2D eigenvalue weighted by Crippen LogP contribution is -2.45. The molecular formula is C10H22O3Si. The minimum Gasteiger partial charge on any atom is -0.377 e. The van der Waals surface area contributed by atoms with E-state index in [1.807, 2.05) is 26.0 Å². The summed E-state index contributed by atoms with van der Waals surface area (Å²) in [6.07, 6.45) is 5.03. The van der Waals surface area contributed by atoms with E-state index < -0.39 is 8.80 Å². The van der Waals surface area contributed by atoms with Crippen LogP contribution >= 0.6 is 0 Å². The first-order valence-corrected chi connectivity index (χ1v) is 6.98. The Labute approximate surface area is 88.4 Å². The zero-order chi connectivity index (χ0) is 11.0. The molecule has 14 heavy (non-hydrogen) atoms. The maximum atomic E-state index is 5.82. The van der Waals surface area contributed by atoms with Gasteiger partial charge in [-0.25, -0.2) is 0 Å². The monoisotopic (exact) mass is 218 g/mol. The third kappa shape index (κ3) is 4.37. The van der Waals surface area contributed by atoms with Gasteiger partial charge in [0.25, 0.3) is 0 Å². The van der Waals surface area contributed by atoms with Gasteiger partial charge >= 0.3 is 8.80 Å². The zero-order valence-corrected chi connectivity index (χ0v) is 10.9. The Morgan fingerprint density at radius 2 is 1.86 bits per heavy atom. The Morgan fingerprint density at radius 1 is 1.29 bits per heavy atom. The van der Waals surface area contributed by atoms with Gasteiger partial charge in [0.1, 0.15) is 0 Å². The summed E-state index contributed by atoms with van der Waals surface area (Å²) in [7, 11) is 0.926. The Balaban J connectivity index is 4.32. The van der Waals surface area contributed by atoms with Crippen molar-refractivity contribution in [3.8, 4) is 0 Å². The summed E-state index contributed by atoms with van der Waals surface area (Å²) in [5.74, 6) is 0. The van der Waals surface area contributed by atoms with Crippen LogP contribution in [-0.4, -0.2) is 29.1 Å². The number of allylic oxidation sites excluding steroid dienone is 1. The summed E-state index contributed by atoms with van der Waals surface area (Å²) >= 11 is 0. The van der Waals surface area contributed by atoms with Crippen molar-refractivity contribution >= 4 is 8.80 Å². The van der Waals surface area contributed by atoms with Crippen LogP contribution in [0.3, 0.4) is 0 Å². The molecule has 0 amide bonds. The molecule has 1 atom stereocenters. The third-order valence-electron chi connectivity index (χ3n) is 2.01. The molecule has 0 aromatic rings. The predicted octanol–water partition coefficient (Wildman–Crippen LogP) is 2.61. The van der Waals surface area contributed by atoms with E-state index in [1.54, 1.807) is 14.2 Å². The van der Waals surface area contributed by atoms with Gasteiger partial charge in [0.15, 0.2) is 0 Å². The lowest BCUT2D eigenvalue weighted by molar-refractivity contribution is 0.0798. The number of hydrogen-bond acceptors (Lipinski definition) is 3. The molecule has 0 aromatic carbocycles. The first kappa shape index (κ1) is 13.8. The lowest BCUT2D eigenvalue weighted by atomic mass is 10.4. The van der Waals surface area contributed by atoms with Crippen molar-refractivity contribution in [2.24, 2.45) is 0 Å². The van der Waals surface area contributed by atoms with Crippen molar-refractivity contribution in [2.75, 3.05) is 14.2 Å². The van der Waals surface area contributed by atoms with Crippen molar-refractivity contribution in [3.63, 3.8) is 0 Å². The second-order valence-corrected chi connectivity index (χ2v) is 6.11. The topological polar surface area (TPSA) is 27.7 Å². The predicted molar refractivity (Wildman–Crippen MR) is 60.2 cm³/mol. The Hall–Kier alpha value is -0.163. The fourth-order valence-electron chi connectivity index (χ4n) is 1.34. The van der Waals surface area contributed by atoms with Gasteiger partial charge in [-0.15, -0.1) is 0 Å². The highest BCUT2D eigenvalue weighted by atomic mass is 28.4. The second-order valence-electron chi connectivity index (χ2n) is 3.19. The highest BCUT2D eigenvalue weighted by Gasteiger charge is 2.39. The first-order valence-electron chi connectivity index (χ1n) is 5.05. The molecule has 0 fully saturated rings. The molecule has 0 N–H and O–H groups in total. The lowest BCUT2D eigenvalue weighted by Gasteiger charge is -2.28. The largest absolute Gasteiger partial charge is 0.500 e. The van der Waals surface area contributed by atoms with E-state index in [-0.39, 0.29) is 6.10 Å². The van der Waals surface area contributed by atoms with Crippen LogP contribution in [0.15, 0.2) is 12.2 Å². The van der Waals surface area contributed by atoms with Crippen LogP contribution in [0.25, 0.3) is 0 Å². The van der Waals surface area contributed by atoms with Crippen LogP contribution in [0.1, 0.15) is 27.2 Å². The minimum absolute atomic E-state index is 0.0538. The van der Waals surface area contributed by atoms with Crippen LogP contribution < -0.4 is 0 Å². The molecule has 0 heterocycles. The van der Waals surface area contributed by atoms with Crippen molar-refractivity contribution in [1.82, 2.24) is 0 Å². The quantitative estimate of drug-likeness (QED) is 0.485. The molecular weight excluding hydrogens is 196 g/mol. The van der Waals surface area contributed by atoms with Gasteiger partial charge < -0.3 is 13.3 Å². The minimum atomic E-state index is -2.40. The Bertz CT molecular complexity index is 167. The van der Waals surface area contributed by atoms with E-state index in [4.69, 9.17) is 13.3 Å². The molecule has 4 heteroatoms. The van der Waals surface area contributed by atoms with Crippen LogP contribution in [0.4, 0.5) is 0 Å². The maximum Gasteiger partial charge on any atom is 0.500 e. The molecule has 0 bridgehead atoms. The number of hydrogen-bond donors (Lipinski definition) is 0. The summed E-state index contributed by atoms with van der Waals surface area (Å²) < 4.78 is 16.6. The van der Waals surface area contributed by atoms with Crippen molar-refractivity contribution in [2.45, 2.75) is 39.3 Å². The van der Waals surface area contributed by atoms with Crippen molar-refractivity contribution < 1.29 is 13.3 Å². The Morgan fingerprint density at radius 3 is 2.21 bits per heavy atom. The normalized spacial score (nSPS) is 14.9. The fraction of sp³-hybridized carbons (Fsp3) is 0.800. The molecule has 0 aliphatic rings. The number of rotatable bonds is 7. The molecule has 0 aliphatic heterocycles. The average Bonchev–Trinajstić information content (AvgIpc) is 2.17. The summed E-state index contributed by atoms with van der Waals surface area (Å²) in [5.41, 5.74) is 0. The maximum absolute atomic E-state index is 5.82. The SMILES string of the molecule is CC=CC(C)O[Si](CCC)(OC)OC. The molecule has 3 nitrogen and oxygen atoms in total. The van der Waals surface area contributed by atoms with E-state index >= 15 is 0 Å². The van der Waals surface area contributed by atoms with E-state index in [0.717, 1.165) is 12.5 Å². The van der Waals surface area contributed by atoms with Gasteiger partial charge in [0.2, 0.25) is 0 Å². The van der Waals surface area contributed by atoms with E-state index in [9.17, 15) is 0 Å². The van der Waals surface area contributed by atoms with Crippen molar-refractivity contribution in [1.29, 1.82) is 0 Å². The smallest absolute Gasteiger partial charge is 0.377 e. The van der Waals surface area contributed by atoms with Crippen molar-refractivity contribution in [3.05, 3.63) is 12.2 Å². The van der Waals surface area contributed by atoms with Gasteiger partial charge in [-0.2, -0.15) is 0 Å². The van der Waals surface area contributed by atoms with Gasteiger partial charge in [0.05, 0.1) is 6.10 Å². The summed E-state index contributed by atoms with van der Waals surface area (Å²) in [4.78, 5) is 0. The third-order valence-corrected chi connectivity index (χ3v) is 5.09. The summed E-state index contributed by atoms with van der Waals surface area (Å²) in [6, 6.07) is 0.863. The van der Waals surface area contributed by atoms with Gasteiger partial charge in [-0.05, 0) is 13.8 Å². The van der Waals surface area contributed by atoms with E-state index in [0.29, 0.717) is 0 Å². The second kappa shape index (κ2) is 7.17. The average molecular weight is 218 g/mol. The van der Waals surface area contributed by atoms with Crippen LogP contribution in [0, 0.1) is 0 Å². The molecule has 0 aliphatic carbocycles.